The molecule has 72 valence electrons. The van der Waals surface area contributed by atoms with Crippen LogP contribution >= 0.6 is 0 Å². The van der Waals surface area contributed by atoms with E-state index in [0.717, 1.165) is 11.3 Å². The second-order valence-electron chi connectivity index (χ2n) is 3.19. The van der Waals surface area contributed by atoms with Crippen LogP contribution in [-0.2, 0) is 6.54 Å². The molecule has 0 aliphatic carbocycles. The Balaban J connectivity index is 2.23. The molecule has 0 unspecified atom stereocenters. The first-order valence-electron chi connectivity index (χ1n) is 4.45. The van der Waals surface area contributed by atoms with Crippen molar-refractivity contribution in [3.05, 3.63) is 41.9 Å². The van der Waals surface area contributed by atoms with Crippen LogP contribution in [0.3, 0.4) is 0 Å². The van der Waals surface area contributed by atoms with Crippen LogP contribution in [0.4, 0.5) is 5.82 Å². The zero-order valence-electron chi connectivity index (χ0n) is 8.01. The smallest absolute Gasteiger partial charge is 0.125 e. The highest BCUT2D eigenvalue weighted by molar-refractivity contribution is 5.37. The van der Waals surface area contributed by atoms with Crippen molar-refractivity contribution in [3.8, 4) is 0 Å². The number of pyridine rings is 1. The third kappa shape index (κ3) is 1.59. The summed E-state index contributed by atoms with van der Waals surface area (Å²) in [6.45, 7) is 2.57. The lowest BCUT2D eigenvalue weighted by Gasteiger charge is -2.03. The molecule has 14 heavy (non-hydrogen) atoms. The molecule has 0 saturated heterocycles. The summed E-state index contributed by atoms with van der Waals surface area (Å²) in [5, 5.41) is 4.16. The van der Waals surface area contributed by atoms with E-state index in [0.29, 0.717) is 12.4 Å². The van der Waals surface area contributed by atoms with Crippen LogP contribution in [0.5, 0.6) is 0 Å². The molecule has 2 N–H and O–H groups in total. The summed E-state index contributed by atoms with van der Waals surface area (Å²) in [4.78, 5) is 4.21. The van der Waals surface area contributed by atoms with E-state index in [1.807, 2.05) is 25.1 Å². The molecule has 0 amide bonds. The Morgan fingerprint density at radius 1 is 1.43 bits per heavy atom. The fourth-order valence-corrected chi connectivity index (χ4v) is 1.26. The SMILES string of the molecule is Cc1cnn(Cc2ccccn2)c1N. The van der Waals surface area contributed by atoms with Crippen molar-refractivity contribution in [2.45, 2.75) is 13.5 Å². The summed E-state index contributed by atoms with van der Waals surface area (Å²) in [5.74, 6) is 0.704. The standard InChI is InChI=1S/C10H12N4/c1-8-6-13-14(10(8)11)7-9-4-2-3-5-12-9/h2-6H,7,11H2,1H3. The number of hydrogen-bond donors (Lipinski definition) is 1. The number of anilines is 1. The lowest BCUT2D eigenvalue weighted by atomic mass is 10.3. The van der Waals surface area contributed by atoms with E-state index < -0.39 is 0 Å². The number of hydrogen-bond acceptors (Lipinski definition) is 3. The molecular formula is C10H12N4. The Morgan fingerprint density at radius 3 is 2.86 bits per heavy atom. The van der Waals surface area contributed by atoms with E-state index >= 15 is 0 Å². The van der Waals surface area contributed by atoms with E-state index in [2.05, 4.69) is 10.1 Å². The van der Waals surface area contributed by atoms with Crippen molar-refractivity contribution in [1.29, 1.82) is 0 Å². The number of nitrogens with two attached hydrogens (primary N) is 1. The minimum atomic E-state index is 0.626. The maximum absolute atomic E-state index is 5.82. The summed E-state index contributed by atoms with van der Waals surface area (Å²) in [6.07, 6.45) is 3.53. The van der Waals surface area contributed by atoms with Gasteiger partial charge in [-0.25, -0.2) is 4.68 Å². The number of nitrogen functional groups attached to an aromatic ring is 1. The van der Waals surface area contributed by atoms with Gasteiger partial charge in [0.25, 0.3) is 0 Å². The molecule has 2 rings (SSSR count). The van der Waals surface area contributed by atoms with E-state index in [1.165, 1.54) is 0 Å². The third-order valence-corrected chi connectivity index (χ3v) is 2.11. The normalized spacial score (nSPS) is 10.4. The molecule has 0 aromatic carbocycles. The Kier molecular flexibility index (Phi) is 2.18. The zero-order chi connectivity index (χ0) is 9.97. The Labute approximate surface area is 82.4 Å². The molecular weight excluding hydrogens is 176 g/mol. The first-order valence-corrected chi connectivity index (χ1v) is 4.45. The average Bonchev–Trinajstić information content (AvgIpc) is 2.52. The Morgan fingerprint density at radius 2 is 2.29 bits per heavy atom. The van der Waals surface area contributed by atoms with Crippen LogP contribution in [0.1, 0.15) is 11.3 Å². The fourth-order valence-electron chi connectivity index (χ4n) is 1.26. The van der Waals surface area contributed by atoms with Crippen LogP contribution < -0.4 is 5.73 Å². The van der Waals surface area contributed by atoms with Crippen LogP contribution in [0.15, 0.2) is 30.6 Å². The highest BCUT2D eigenvalue weighted by atomic mass is 15.3. The van der Waals surface area contributed by atoms with E-state index in [-0.39, 0.29) is 0 Å². The average molecular weight is 188 g/mol. The van der Waals surface area contributed by atoms with Crippen LogP contribution in [0, 0.1) is 6.92 Å². The zero-order valence-corrected chi connectivity index (χ0v) is 8.01. The molecule has 0 aliphatic rings. The highest BCUT2D eigenvalue weighted by Gasteiger charge is 2.03. The van der Waals surface area contributed by atoms with Crippen LogP contribution in [0.25, 0.3) is 0 Å². The molecule has 0 atom stereocenters. The molecule has 4 heteroatoms. The summed E-state index contributed by atoms with van der Waals surface area (Å²) in [5.41, 5.74) is 7.78. The molecule has 2 aromatic heterocycles. The van der Waals surface area contributed by atoms with Gasteiger partial charge in [-0.3, -0.25) is 4.98 Å². The maximum atomic E-state index is 5.82. The number of nitrogens with zero attached hydrogens (tertiary/aromatic N) is 3. The van der Waals surface area contributed by atoms with E-state index in [9.17, 15) is 0 Å². The maximum Gasteiger partial charge on any atom is 0.125 e. The van der Waals surface area contributed by atoms with Gasteiger partial charge >= 0.3 is 0 Å². The van der Waals surface area contributed by atoms with Gasteiger partial charge in [-0.15, -0.1) is 0 Å². The Hall–Kier alpha value is -1.84. The largest absolute Gasteiger partial charge is 0.384 e. The van der Waals surface area contributed by atoms with Crippen molar-refractivity contribution < 1.29 is 0 Å². The van der Waals surface area contributed by atoms with Crippen LogP contribution in [-0.4, -0.2) is 14.8 Å². The summed E-state index contributed by atoms with van der Waals surface area (Å²) in [6, 6.07) is 5.80. The number of rotatable bonds is 2. The van der Waals surface area contributed by atoms with Crippen molar-refractivity contribution in [3.63, 3.8) is 0 Å². The minimum absolute atomic E-state index is 0.626. The lowest BCUT2D eigenvalue weighted by Crippen LogP contribution is -2.07. The van der Waals surface area contributed by atoms with E-state index in [4.69, 9.17) is 5.73 Å². The van der Waals surface area contributed by atoms with Gasteiger partial charge in [-0.2, -0.15) is 5.10 Å². The second-order valence-corrected chi connectivity index (χ2v) is 3.19. The van der Waals surface area contributed by atoms with Gasteiger partial charge in [0.05, 0.1) is 18.4 Å². The fraction of sp³-hybridized carbons (Fsp3) is 0.200. The van der Waals surface area contributed by atoms with Gasteiger partial charge < -0.3 is 5.73 Å². The molecule has 0 radical (unpaired) electrons. The second kappa shape index (κ2) is 3.49. The van der Waals surface area contributed by atoms with Gasteiger partial charge in [0.2, 0.25) is 0 Å². The molecule has 0 fully saturated rings. The minimum Gasteiger partial charge on any atom is -0.384 e. The number of aromatic nitrogens is 3. The molecule has 0 aliphatic heterocycles. The third-order valence-electron chi connectivity index (χ3n) is 2.11. The topological polar surface area (TPSA) is 56.7 Å². The van der Waals surface area contributed by atoms with Crippen molar-refractivity contribution >= 4 is 5.82 Å². The summed E-state index contributed by atoms with van der Waals surface area (Å²) >= 11 is 0. The Bertz CT molecular complexity index is 419. The lowest BCUT2D eigenvalue weighted by molar-refractivity contribution is 0.682. The van der Waals surface area contributed by atoms with Gasteiger partial charge in [0.1, 0.15) is 5.82 Å². The quantitative estimate of drug-likeness (QED) is 0.770. The monoisotopic (exact) mass is 188 g/mol. The van der Waals surface area contributed by atoms with Gasteiger partial charge in [-0.05, 0) is 19.1 Å². The molecule has 4 nitrogen and oxygen atoms in total. The molecule has 2 aromatic rings. The molecule has 0 saturated carbocycles. The van der Waals surface area contributed by atoms with Crippen molar-refractivity contribution in [2.75, 3.05) is 5.73 Å². The van der Waals surface area contributed by atoms with Gasteiger partial charge in [0.15, 0.2) is 0 Å². The molecule has 2 heterocycles. The summed E-state index contributed by atoms with van der Waals surface area (Å²) < 4.78 is 1.75. The van der Waals surface area contributed by atoms with E-state index in [1.54, 1.807) is 17.1 Å². The predicted molar refractivity (Wildman–Crippen MR) is 54.7 cm³/mol. The molecule has 0 spiro atoms. The first kappa shape index (κ1) is 8.74. The van der Waals surface area contributed by atoms with Crippen molar-refractivity contribution in [2.24, 2.45) is 0 Å². The first-order chi connectivity index (χ1) is 6.77. The van der Waals surface area contributed by atoms with Gasteiger partial charge in [-0.1, -0.05) is 6.07 Å². The summed E-state index contributed by atoms with van der Waals surface area (Å²) in [7, 11) is 0. The van der Waals surface area contributed by atoms with Crippen LogP contribution in [0.2, 0.25) is 0 Å². The highest BCUT2D eigenvalue weighted by Crippen LogP contribution is 2.10. The van der Waals surface area contributed by atoms with Gasteiger partial charge in [0, 0.05) is 11.8 Å². The number of aryl methyl sites for hydroxylation is 1. The predicted octanol–water partition coefficient (Wildman–Crippen LogP) is 1.22. The molecule has 0 bridgehead atoms. The van der Waals surface area contributed by atoms with Crippen molar-refractivity contribution in [1.82, 2.24) is 14.8 Å².